The number of carbonyl (C=O) groups is 1. The van der Waals surface area contributed by atoms with Crippen LogP contribution in [0.15, 0.2) is 77.7 Å². The van der Waals surface area contributed by atoms with Crippen LogP contribution in [0.2, 0.25) is 0 Å². The highest BCUT2D eigenvalue weighted by Gasteiger charge is 2.30. The number of amides is 1. The van der Waals surface area contributed by atoms with Crippen LogP contribution in [0.4, 0.5) is 0 Å². The van der Waals surface area contributed by atoms with E-state index in [0.717, 1.165) is 24.2 Å². The molecule has 1 saturated carbocycles. The van der Waals surface area contributed by atoms with E-state index >= 15 is 0 Å². The number of rotatable bonds is 9. The Morgan fingerprint density at radius 2 is 1.72 bits per heavy atom. The van der Waals surface area contributed by atoms with Gasteiger partial charge in [-0.3, -0.25) is 4.79 Å². The van der Waals surface area contributed by atoms with Gasteiger partial charge in [0.05, 0.1) is 7.11 Å². The van der Waals surface area contributed by atoms with Crippen molar-refractivity contribution in [1.82, 2.24) is 10.0 Å². The maximum Gasteiger partial charge on any atom is 0.251 e. The van der Waals surface area contributed by atoms with Crippen molar-refractivity contribution in [3.8, 4) is 17.2 Å². The molecule has 0 unspecified atom stereocenters. The van der Waals surface area contributed by atoms with Gasteiger partial charge in [-0.05, 0) is 60.9 Å². The lowest BCUT2D eigenvalue weighted by molar-refractivity contribution is 0.0950. The molecule has 2 N–H and O–H groups in total. The quantitative estimate of drug-likeness (QED) is 0.514. The number of sulfonamides is 1. The first-order valence-corrected chi connectivity index (χ1v) is 11.7. The molecule has 8 heteroatoms. The lowest BCUT2D eigenvalue weighted by Gasteiger charge is -2.13. The Bertz CT molecular complexity index is 1210. The molecule has 4 rings (SSSR count). The number of methoxy groups -OCH3 is 1. The fourth-order valence-electron chi connectivity index (χ4n) is 3.14. The number of ether oxygens (including phenoxy) is 2. The van der Waals surface area contributed by atoms with Crippen LogP contribution in [0.5, 0.6) is 17.2 Å². The van der Waals surface area contributed by atoms with E-state index in [4.69, 9.17) is 9.47 Å². The van der Waals surface area contributed by atoms with Crippen LogP contribution >= 0.6 is 0 Å². The summed E-state index contributed by atoms with van der Waals surface area (Å²) < 4.78 is 39.0. The summed E-state index contributed by atoms with van der Waals surface area (Å²) in [6.45, 7) is 0.263. The number of nitrogens with one attached hydrogen (secondary N) is 2. The Morgan fingerprint density at radius 1 is 0.969 bits per heavy atom. The van der Waals surface area contributed by atoms with Crippen LogP contribution in [0.3, 0.4) is 0 Å². The molecule has 166 valence electrons. The summed E-state index contributed by atoms with van der Waals surface area (Å²) in [4.78, 5) is 12.7. The minimum Gasteiger partial charge on any atom is -0.495 e. The third-order valence-corrected chi connectivity index (χ3v) is 6.49. The van der Waals surface area contributed by atoms with Gasteiger partial charge in [-0.2, -0.15) is 0 Å². The molecule has 1 amide bonds. The van der Waals surface area contributed by atoms with Gasteiger partial charge in [-0.25, -0.2) is 13.1 Å². The van der Waals surface area contributed by atoms with Crippen molar-refractivity contribution >= 4 is 15.9 Å². The summed E-state index contributed by atoms with van der Waals surface area (Å²) in [5.74, 6) is 1.19. The number of para-hydroxylation sites is 1. The molecule has 1 aliphatic carbocycles. The van der Waals surface area contributed by atoms with E-state index in [0.29, 0.717) is 5.75 Å². The third kappa shape index (κ3) is 5.46. The van der Waals surface area contributed by atoms with E-state index in [1.807, 2.05) is 54.6 Å². The van der Waals surface area contributed by atoms with Gasteiger partial charge in [0.2, 0.25) is 10.0 Å². The standard InChI is InChI=1S/C24H24N2O5S/c1-30-22-13-10-18(15-23(22)32(28,29)26-19-11-12-19)24(27)25-16-17-6-5-9-21(14-17)31-20-7-3-2-4-8-20/h2-10,13-15,19,26H,11-12,16H2,1H3,(H,25,27). The first-order chi connectivity index (χ1) is 15.4. The fraction of sp³-hybridized carbons (Fsp3) is 0.208. The molecule has 0 bridgehead atoms. The zero-order chi connectivity index (χ0) is 22.6. The smallest absolute Gasteiger partial charge is 0.251 e. The molecule has 3 aromatic rings. The van der Waals surface area contributed by atoms with E-state index < -0.39 is 10.0 Å². The van der Waals surface area contributed by atoms with Gasteiger partial charge in [-0.15, -0.1) is 0 Å². The Labute approximate surface area is 187 Å². The average molecular weight is 453 g/mol. The second-order valence-electron chi connectivity index (χ2n) is 7.51. The summed E-state index contributed by atoms with van der Waals surface area (Å²) in [6.07, 6.45) is 1.63. The van der Waals surface area contributed by atoms with Gasteiger partial charge >= 0.3 is 0 Å². The minimum atomic E-state index is -3.77. The van der Waals surface area contributed by atoms with Gasteiger partial charge < -0.3 is 14.8 Å². The molecule has 0 atom stereocenters. The molecule has 1 fully saturated rings. The first-order valence-electron chi connectivity index (χ1n) is 10.2. The molecule has 32 heavy (non-hydrogen) atoms. The van der Waals surface area contributed by atoms with Crippen molar-refractivity contribution in [1.29, 1.82) is 0 Å². The van der Waals surface area contributed by atoms with Crippen molar-refractivity contribution in [2.24, 2.45) is 0 Å². The highest BCUT2D eigenvalue weighted by atomic mass is 32.2. The van der Waals surface area contributed by atoms with Crippen LogP contribution < -0.4 is 19.5 Å². The third-order valence-electron chi connectivity index (χ3n) is 4.94. The van der Waals surface area contributed by atoms with Crippen molar-refractivity contribution in [3.05, 3.63) is 83.9 Å². The van der Waals surface area contributed by atoms with E-state index in [1.165, 1.54) is 19.2 Å². The fourth-order valence-corrected chi connectivity index (χ4v) is 4.64. The van der Waals surface area contributed by atoms with E-state index in [9.17, 15) is 13.2 Å². The second-order valence-corrected chi connectivity index (χ2v) is 9.19. The highest BCUT2D eigenvalue weighted by Crippen LogP contribution is 2.28. The predicted molar refractivity (Wildman–Crippen MR) is 120 cm³/mol. The van der Waals surface area contributed by atoms with E-state index in [-0.39, 0.29) is 34.7 Å². The van der Waals surface area contributed by atoms with Gasteiger partial charge in [0.1, 0.15) is 22.1 Å². The van der Waals surface area contributed by atoms with Crippen LogP contribution in [0.25, 0.3) is 0 Å². The molecule has 0 heterocycles. The normalized spacial score (nSPS) is 13.4. The zero-order valence-corrected chi connectivity index (χ0v) is 18.4. The minimum absolute atomic E-state index is 0.0437. The average Bonchev–Trinajstić information content (AvgIpc) is 3.61. The molecular weight excluding hydrogens is 428 g/mol. The molecule has 0 aromatic heterocycles. The summed E-state index contributed by atoms with van der Waals surface area (Å²) in [5, 5.41) is 2.83. The molecular formula is C24H24N2O5S. The molecule has 1 aliphatic rings. The van der Waals surface area contributed by atoms with Gasteiger partial charge in [0, 0.05) is 18.2 Å². The largest absolute Gasteiger partial charge is 0.495 e. The van der Waals surface area contributed by atoms with Gasteiger partial charge in [0.25, 0.3) is 5.91 Å². The van der Waals surface area contributed by atoms with Crippen molar-refractivity contribution in [2.75, 3.05) is 7.11 Å². The highest BCUT2D eigenvalue weighted by molar-refractivity contribution is 7.89. The summed E-state index contributed by atoms with van der Waals surface area (Å²) in [5.41, 5.74) is 1.09. The topological polar surface area (TPSA) is 93.7 Å². The van der Waals surface area contributed by atoms with Crippen molar-refractivity contribution < 1.29 is 22.7 Å². The molecule has 3 aromatic carbocycles. The summed E-state index contributed by atoms with van der Waals surface area (Å²) >= 11 is 0. The molecule has 0 spiro atoms. The number of hydrogen-bond donors (Lipinski definition) is 2. The Morgan fingerprint density at radius 3 is 2.44 bits per heavy atom. The zero-order valence-electron chi connectivity index (χ0n) is 17.6. The lowest BCUT2D eigenvalue weighted by Crippen LogP contribution is -2.27. The van der Waals surface area contributed by atoms with Gasteiger partial charge in [0.15, 0.2) is 0 Å². The Balaban J connectivity index is 1.45. The van der Waals surface area contributed by atoms with Crippen LogP contribution in [-0.2, 0) is 16.6 Å². The van der Waals surface area contributed by atoms with E-state index in [1.54, 1.807) is 6.07 Å². The molecule has 7 nitrogen and oxygen atoms in total. The maximum atomic E-state index is 12.7. The number of carbonyl (C=O) groups excluding carboxylic acids is 1. The SMILES string of the molecule is COc1ccc(C(=O)NCc2cccc(Oc3ccccc3)c2)cc1S(=O)(=O)NC1CC1. The number of benzene rings is 3. The lowest BCUT2D eigenvalue weighted by atomic mass is 10.1. The number of hydrogen-bond acceptors (Lipinski definition) is 5. The molecule has 0 saturated heterocycles. The van der Waals surface area contributed by atoms with Crippen LogP contribution in [-0.4, -0.2) is 27.5 Å². The summed E-state index contributed by atoms with van der Waals surface area (Å²) in [6, 6.07) is 21.2. The first kappa shape index (κ1) is 21.9. The van der Waals surface area contributed by atoms with E-state index in [2.05, 4.69) is 10.0 Å². The van der Waals surface area contributed by atoms with Crippen molar-refractivity contribution in [3.63, 3.8) is 0 Å². The molecule has 0 radical (unpaired) electrons. The predicted octanol–water partition coefficient (Wildman–Crippen LogP) is 3.86. The van der Waals surface area contributed by atoms with Crippen LogP contribution in [0.1, 0.15) is 28.8 Å². The Hall–Kier alpha value is -3.36. The van der Waals surface area contributed by atoms with Crippen LogP contribution in [0, 0.1) is 0 Å². The molecule has 0 aliphatic heterocycles. The maximum absolute atomic E-state index is 12.7. The summed E-state index contributed by atoms with van der Waals surface area (Å²) in [7, 11) is -2.37. The van der Waals surface area contributed by atoms with Crippen molar-refractivity contribution in [2.45, 2.75) is 30.3 Å². The second kappa shape index (κ2) is 9.42. The monoisotopic (exact) mass is 452 g/mol. The Kier molecular flexibility index (Phi) is 6.43. The van der Waals surface area contributed by atoms with Gasteiger partial charge in [-0.1, -0.05) is 30.3 Å².